The first-order chi connectivity index (χ1) is 13.5. The van der Waals surface area contributed by atoms with Crippen LogP contribution in [0.3, 0.4) is 0 Å². The maximum absolute atomic E-state index is 12.9. The van der Waals surface area contributed by atoms with Crippen LogP contribution in [0.15, 0.2) is 77.7 Å². The van der Waals surface area contributed by atoms with Gasteiger partial charge < -0.3 is 9.47 Å². The molecule has 0 unspecified atom stereocenters. The van der Waals surface area contributed by atoms with Crippen LogP contribution in [0.2, 0.25) is 0 Å². The van der Waals surface area contributed by atoms with Crippen LogP contribution in [0.4, 0.5) is 10.1 Å². The van der Waals surface area contributed by atoms with E-state index in [1.165, 1.54) is 31.4 Å². The van der Waals surface area contributed by atoms with Crippen LogP contribution in [-0.4, -0.2) is 15.5 Å². The van der Waals surface area contributed by atoms with Crippen LogP contribution in [0.25, 0.3) is 0 Å². The molecule has 0 aliphatic carbocycles. The minimum atomic E-state index is -3.70. The summed E-state index contributed by atoms with van der Waals surface area (Å²) in [5.41, 5.74) is 2.12. The number of halogens is 1. The molecule has 0 aliphatic heterocycles. The predicted octanol–water partition coefficient (Wildman–Crippen LogP) is 4.35. The van der Waals surface area contributed by atoms with Crippen molar-refractivity contribution >= 4 is 15.7 Å². The van der Waals surface area contributed by atoms with Crippen molar-refractivity contribution in [3.05, 3.63) is 89.7 Å². The molecule has 0 aliphatic rings. The summed E-state index contributed by atoms with van der Waals surface area (Å²) in [6, 6.07) is 19.2. The van der Waals surface area contributed by atoms with E-state index in [9.17, 15) is 12.8 Å². The Labute approximate surface area is 163 Å². The lowest BCUT2D eigenvalue weighted by Gasteiger charge is -2.10. The van der Waals surface area contributed by atoms with E-state index in [1.54, 1.807) is 42.5 Å². The third-order valence-electron chi connectivity index (χ3n) is 4.00. The molecular weight excluding hydrogens is 381 g/mol. The summed E-state index contributed by atoms with van der Waals surface area (Å²) >= 11 is 0. The number of methoxy groups -OCH3 is 1. The van der Waals surface area contributed by atoms with Crippen molar-refractivity contribution in [2.45, 2.75) is 18.1 Å². The molecule has 5 nitrogen and oxygen atoms in total. The van der Waals surface area contributed by atoms with E-state index < -0.39 is 10.0 Å². The van der Waals surface area contributed by atoms with Gasteiger partial charge in [-0.25, -0.2) is 12.8 Å². The standard InChI is InChI=1S/C21H20FNO4S/c1-26-20-9-11-21(12-10-20)28(24,25)23-19-4-2-3-17(13-19)15-27-14-16-5-7-18(22)8-6-16/h2-13,23H,14-15H2,1H3. The molecule has 0 amide bonds. The normalized spacial score (nSPS) is 11.2. The van der Waals surface area contributed by atoms with E-state index >= 15 is 0 Å². The average molecular weight is 401 g/mol. The summed E-state index contributed by atoms with van der Waals surface area (Å²) in [5.74, 6) is 0.292. The van der Waals surface area contributed by atoms with Gasteiger partial charge in [0.25, 0.3) is 10.0 Å². The number of hydrogen-bond donors (Lipinski definition) is 1. The Hall–Kier alpha value is -2.90. The Morgan fingerprint density at radius 3 is 2.25 bits per heavy atom. The maximum atomic E-state index is 12.9. The fraction of sp³-hybridized carbons (Fsp3) is 0.143. The van der Waals surface area contributed by atoms with Crippen LogP contribution in [0.5, 0.6) is 5.75 Å². The van der Waals surface area contributed by atoms with Crippen molar-refractivity contribution in [3.8, 4) is 5.75 Å². The summed E-state index contributed by atoms with van der Waals surface area (Å²) in [5, 5.41) is 0. The van der Waals surface area contributed by atoms with E-state index in [4.69, 9.17) is 9.47 Å². The molecule has 0 aromatic heterocycles. The quantitative estimate of drug-likeness (QED) is 0.609. The summed E-state index contributed by atoms with van der Waals surface area (Å²) in [7, 11) is -2.19. The zero-order chi connectivity index (χ0) is 20.0. The molecule has 0 heterocycles. The molecule has 0 radical (unpaired) electrons. The van der Waals surface area contributed by atoms with Gasteiger partial charge in [-0.1, -0.05) is 24.3 Å². The smallest absolute Gasteiger partial charge is 0.261 e. The van der Waals surface area contributed by atoms with Gasteiger partial charge in [-0.2, -0.15) is 0 Å². The topological polar surface area (TPSA) is 64.6 Å². The highest BCUT2D eigenvalue weighted by Gasteiger charge is 2.14. The molecule has 0 saturated carbocycles. The fourth-order valence-electron chi connectivity index (χ4n) is 2.56. The molecule has 0 spiro atoms. The van der Waals surface area contributed by atoms with Crippen molar-refractivity contribution in [1.82, 2.24) is 0 Å². The molecule has 146 valence electrons. The van der Waals surface area contributed by atoms with Crippen LogP contribution in [0, 0.1) is 5.82 Å². The molecule has 3 aromatic rings. The first-order valence-electron chi connectivity index (χ1n) is 8.54. The summed E-state index contributed by atoms with van der Waals surface area (Å²) in [6.07, 6.45) is 0. The Morgan fingerprint density at radius 1 is 0.893 bits per heavy atom. The third-order valence-corrected chi connectivity index (χ3v) is 5.40. The van der Waals surface area contributed by atoms with Gasteiger partial charge >= 0.3 is 0 Å². The van der Waals surface area contributed by atoms with Gasteiger partial charge in [-0.15, -0.1) is 0 Å². The molecule has 0 bridgehead atoms. The molecule has 0 saturated heterocycles. The lowest BCUT2D eigenvalue weighted by atomic mass is 10.2. The number of anilines is 1. The van der Waals surface area contributed by atoms with Gasteiger partial charge in [0.1, 0.15) is 11.6 Å². The summed E-state index contributed by atoms with van der Waals surface area (Å²) in [4.78, 5) is 0.145. The van der Waals surface area contributed by atoms with E-state index in [2.05, 4.69) is 4.72 Å². The zero-order valence-corrected chi connectivity index (χ0v) is 16.1. The van der Waals surface area contributed by atoms with Gasteiger partial charge in [0, 0.05) is 5.69 Å². The molecular formula is C21H20FNO4S. The first-order valence-corrected chi connectivity index (χ1v) is 10.0. The van der Waals surface area contributed by atoms with Crippen molar-refractivity contribution < 1.29 is 22.3 Å². The average Bonchev–Trinajstić information content (AvgIpc) is 2.69. The summed E-state index contributed by atoms with van der Waals surface area (Å²) in [6.45, 7) is 0.636. The lowest BCUT2D eigenvalue weighted by molar-refractivity contribution is 0.107. The van der Waals surface area contributed by atoms with Crippen LogP contribution < -0.4 is 9.46 Å². The van der Waals surface area contributed by atoms with Crippen LogP contribution in [0.1, 0.15) is 11.1 Å². The second-order valence-corrected chi connectivity index (χ2v) is 7.78. The minimum absolute atomic E-state index is 0.145. The maximum Gasteiger partial charge on any atom is 0.261 e. The van der Waals surface area contributed by atoms with Gasteiger partial charge in [0.05, 0.1) is 25.2 Å². The Kier molecular flexibility index (Phi) is 6.28. The second-order valence-electron chi connectivity index (χ2n) is 6.10. The van der Waals surface area contributed by atoms with E-state index in [-0.39, 0.29) is 10.7 Å². The van der Waals surface area contributed by atoms with Crippen LogP contribution >= 0.6 is 0 Å². The molecule has 28 heavy (non-hydrogen) atoms. The fourth-order valence-corrected chi connectivity index (χ4v) is 3.61. The number of rotatable bonds is 8. The van der Waals surface area contributed by atoms with Crippen molar-refractivity contribution in [2.75, 3.05) is 11.8 Å². The third kappa shape index (κ3) is 5.31. The van der Waals surface area contributed by atoms with E-state index in [0.29, 0.717) is 24.7 Å². The number of nitrogens with one attached hydrogen (secondary N) is 1. The molecule has 1 N–H and O–H groups in total. The van der Waals surface area contributed by atoms with Gasteiger partial charge in [-0.05, 0) is 59.7 Å². The van der Waals surface area contributed by atoms with Gasteiger partial charge in [-0.3, -0.25) is 4.72 Å². The van der Waals surface area contributed by atoms with Gasteiger partial charge in [0.2, 0.25) is 0 Å². The molecule has 0 atom stereocenters. The SMILES string of the molecule is COc1ccc(S(=O)(=O)Nc2cccc(COCc3ccc(F)cc3)c2)cc1. The molecule has 7 heteroatoms. The zero-order valence-electron chi connectivity index (χ0n) is 15.3. The number of ether oxygens (including phenoxy) is 2. The van der Waals surface area contributed by atoms with E-state index in [0.717, 1.165) is 11.1 Å². The highest BCUT2D eigenvalue weighted by molar-refractivity contribution is 7.92. The second kappa shape index (κ2) is 8.86. The van der Waals surface area contributed by atoms with Crippen molar-refractivity contribution in [1.29, 1.82) is 0 Å². The van der Waals surface area contributed by atoms with E-state index in [1.807, 2.05) is 6.07 Å². The number of hydrogen-bond acceptors (Lipinski definition) is 4. The highest BCUT2D eigenvalue weighted by atomic mass is 32.2. The molecule has 0 fully saturated rings. The predicted molar refractivity (Wildman–Crippen MR) is 105 cm³/mol. The minimum Gasteiger partial charge on any atom is -0.497 e. The highest BCUT2D eigenvalue weighted by Crippen LogP contribution is 2.20. The number of benzene rings is 3. The Balaban J connectivity index is 1.62. The molecule has 3 rings (SSSR count). The monoisotopic (exact) mass is 401 g/mol. The largest absolute Gasteiger partial charge is 0.497 e. The first kappa shape index (κ1) is 19.9. The van der Waals surface area contributed by atoms with Crippen molar-refractivity contribution in [3.63, 3.8) is 0 Å². The Bertz CT molecular complexity index is 1020. The lowest BCUT2D eigenvalue weighted by Crippen LogP contribution is -2.13. The van der Waals surface area contributed by atoms with Gasteiger partial charge in [0.15, 0.2) is 0 Å². The van der Waals surface area contributed by atoms with Crippen molar-refractivity contribution in [2.24, 2.45) is 0 Å². The molecule has 3 aromatic carbocycles. The number of sulfonamides is 1. The van der Waals surface area contributed by atoms with Crippen LogP contribution in [-0.2, 0) is 28.0 Å². The summed E-state index contributed by atoms with van der Waals surface area (Å²) < 4.78 is 51.2. The Morgan fingerprint density at radius 2 is 1.57 bits per heavy atom.